The molecule has 0 aromatic heterocycles. The molecule has 3 atom stereocenters. The lowest BCUT2D eigenvalue weighted by Gasteiger charge is -2.31. The number of aliphatic hydroxyl groups is 1. The molecule has 4 heteroatoms. The molecule has 1 amide bonds. The van der Waals surface area contributed by atoms with E-state index in [4.69, 9.17) is 0 Å². The van der Waals surface area contributed by atoms with Crippen LogP contribution in [0.3, 0.4) is 0 Å². The number of rotatable bonds is 5. The van der Waals surface area contributed by atoms with Crippen molar-refractivity contribution in [2.24, 2.45) is 11.8 Å². The molecule has 1 unspecified atom stereocenters. The summed E-state index contributed by atoms with van der Waals surface area (Å²) >= 11 is 4.23. The minimum absolute atomic E-state index is 0.00705. The fourth-order valence-corrected chi connectivity index (χ4v) is 2.35. The third kappa shape index (κ3) is 2.88. The number of aliphatic hydroxyl groups excluding tert-OH is 1. The van der Waals surface area contributed by atoms with E-state index >= 15 is 0 Å². The highest BCUT2D eigenvalue weighted by molar-refractivity contribution is 7.80. The van der Waals surface area contributed by atoms with Gasteiger partial charge >= 0.3 is 0 Å². The Hall–Kier alpha value is -0.220. The van der Waals surface area contributed by atoms with Crippen LogP contribution in [0.2, 0.25) is 0 Å². The molecule has 15 heavy (non-hydrogen) atoms. The molecule has 1 fully saturated rings. The molecule has 0 saturated carbocycles. The normalized spacial score (nSPS) is 25.7. The maximum Gasteiger partial charge on any atom is 0.223 e. The van der Waals surface area contributed by atoms with Crippen LogP contribution in [0.5, 0.6) is 0 Å². The van der Waals surface area contributed by atoms with Crippen molar-refractivity contribution >= 4 is 18.5 Å². The Morgan fingerprint density at radius 2 is 2.33 bits per heavy atom. The molecule has 1 rings (SSSR count). The average molecular weight is 231 g/mol. The molecular formula is C11H21NO2S. The Morgan fingerprint density at radius 3 is 2.73 bits per heavy atom. The molecule has 1 N–H and O–H groups in total. The van der Waals surface area contributed by atoms with Gasteiger partial charge in [-0.1, -0.05) is 20.3 Å². The summed E-state index contributed by atoms with van der Waals surface area (Å²) < 4.78 is 0. The van der Waals surface area contributed by atoms with Crippen LogP contribution >= 0.6 is 12.6 Å². The summed E-state index contributed by atoms with van der Waals surface area (Å²) in [4.78, 5) is 13.6. The topological polar surface area (TPSA) is 40.5 Å². The van der Waals surface area contributed by atoms with Gasteiger partial charge in [-0.15, -0.1) is 0 Å². The van der Waals surface area contributed by atoms with Gasteiger partial charge < -0.3 is 10.0 Å². The van der Waals surface area contributed by atoms with E-state index in [1.807, 2.05) is 4.90 Å². The molecule has 1 aliphatic rings. The van der Waals surface area contributed by atoms with Crippen molar-refractivity contribution in [2.75, 3.05) is 18.9 Å². The quantitative estimate of drug-likeness (QED) is 0.697. The first-order valence-electron chi connectivity index (χ1n) is 5.65. The van der Waals surface area contributed by atoms with Crippen LogP contribution in [-0.2, 0) is 4.79 Å². The van der Waals surface area contributed by atoms with Crippen molar-refractivity contribution in [3.8, 4) is 0 Å². The molecule has 1 saturated heterocycles. The Labute approximate surface area is 97.3 Å². The molecule has 1 heterocycles. The molecule has 0 aliphatic carbocycles. The van der Waals surface area contributed by atoms with Crippen LogP contribution in [0, 0.1) is 11.8 Å². The van der Waals surface area contributed by atoms with Gasteiger partial charge in [0, 0.05) is 13.0 Å². The summed E-state index contributed by atoms with van der Waals surface area (Å²) in [5.41, 5.74) is 0. The summed E-state index contributed by atoms with van der Waals surface area (Å²) in [5, 5.41) is 9.35. The van der Waals surface area contributed by atoms with Crippen LogP contribution in [0.15, 0.2) is 0 Å². The number of carbonyl (C=O) groups excluding carboxylic acids is 1. The number of amides is 1. The molecule has 3 nitrogen and oxygen atoms in total. The van der Waals surface area contributed by atoms with Crippen molar-refractivity contribution in [1.82, 2.24) is 4.90 Å². The number of likely N-dealkylation sites (tertiary alicyclic amines) is 1. The minimum atomic E-state index is -0.00705. The summed E-state index contributed by atoms with van der Waals surface area (Å²) in [7, 11) is 0. The number of thiol groups is 1. The van der Waals surface area contributed by atoms with E-state index in [0.717, 1.165) is 18.7 Å². The second kappa shape index (κ2) is 5.75. The number of hydrogen-bond acceptors (Lipinski definition) is 3. The van der Waals surface area contributed by atoms with Crippen molar-refractivity contribution in [3.63, 3.8) is 0 Å². The van der Waals surface area contributed by atoms with E-state index in [2.05, 4.69) is 26.5 Å². The SMILES string of the molecule is CC[C@H](C)[C@@H](CO)N1CC(CS)CC1=O. The maximum absolute atomic E-state index is 11.7. The monoisotopic (exact) mass is 231 g/mol. The second-order valence-corrected chi connectivity index (χ2v) is 4.80. The van der Waals surface area contributed by atoms with Gasteiger partial charge in [0.2, 0.25) is 5.91 Å². The highest BCUT2D eigenvalue weighted by Crippen LogP contribution is 2.25. The minimum Gasteiger partial charge on any atom is -0.394 e. The highest BCUT2D eigenvalue weighted by Gasteiger charge is 2.35. The first-order chi connectivity index (χ1) is 7.13. The summed E-state index contributed by atoms with van der Waals surface area (Å²) in [6.07, 6.45) is 1.58. The van der Waals surface area contributed by atoms with Crippen LogP contribution in [0.1, 0.15) is 26.7 Å². The zero-order chi connectivity index (χ0) is 11.4. The highest BCUT2D eigenvalue weighted by atomic mass is 32.1. The maximum atomic E-state index is 11.7. The van der Waals surface area contributed by atoms with Crippen LogP contribution in [0.25, 0.3) is 0 Å². The van der Waals surface area contributed by atoms with Crippen LogP contribution in [-0.4, -0.2) is 40.9 Å². The molecule has 0 bridgehead atoms. The Bertz CT molecular complexity index is 223. The predicted octanol–water partition coefficient (Wildman–Crippen LogP) is 1.17. The number of carbonyl (C=O) groups is 1. The van der Waals surface area contributed by atoms with Gasteiger partial charge in [-0.25, -0.2) is 0 Å². The fraction of sp³-hybridized carbons (Fsp3) is 0.909. The Kier molecular flexibility index (Phi) is 4.93. The van der Waals surface area contributed by atoms with Gasteiger partial charge in [-0.05, 0) is 17.6 Å². The van der Waals surface area contributed by atoms with Crippen molar-refractivity contribution < 1.29 is 9.90 Å². The molecule has 0 aromatic rings. The first kappa shape index (κ1) is 12.8. The third-order valence-corrected chi connectivity index (χ3v) is 3.90. The van der Waals surface area contributed by atoms with E-state index in [0.29, 0.717) is 18.3 Å². The van der Waals surface area contributed by atoms with E-state index in [1.165, 1.54) is 0 Å². The lowest BCUT2D eigenvalue weighted by molar-refractivity contribution is -0.131. The third-order valence-electron chi connectivity index (χ3n) is 3.38. The van der Waals surface area contributed by atoms with Crippen LogP contribution in [0.4, 0.5) is 0 Å². The molecule has 0 aromatic carbocycles. The lowest BCUT2D eigenvalue weighted by atomic mass is 9.98. The number of hydrogen-bond donors (Lipinski definition) is 2. The van der Waals surface area contributed by atoms with Gasteiger partial charge in [-0.2, -0.15) is 12.6 Å². The largest absolute Gasteiger partial charge is 0.394 e. The van der Waals surface area contributed by atoms with Crippen molar-refractivity contribution in [1.29, 1.82) is 0 Å². The van der Waals surface area contributed by atoms with E-state index < -0.39 is 0 Å². The molecule has 88 valence electrons. The van der Waals surface area contributed by atoms with Gasteiger partial charge in [0.25, 0.3) is 0 Å². The first-order valence-corrected chi connectivity index (χ1v) is 6.28. The van der Waals surface area contributed by atoms with Crippen molar-refractivity contribution in [3.05, 3.63) is 0 Å². The predicted molar refractivity (Wildman–Crippen MR) is 64.0 cm³/mol. The van der Waals surface area contributed by atoms with E-state index in [1.54, 1.807) is 0 Å². The van der Waals surface area contributed by atoms with Gasteiger partial charge in [0.05, 0.1) is 12.6 Å². The van der Waals surface area contributed by atoms with E-state index in [-0.39, 0.29) is 18.6 Å². The second-order valence-electron chi connectivity index (χ2n) is 4.43. The van der Waals surface area contributed by atoms with E-state index in [9.17, 15) is 9.90 Å². The zero-order valence-electron chi connectivity index (χ0n) is 9.52. The molecular weight excluding hydrogens is 210 g/mol. The van der Waals surface area contributed by atoms with Gasteiger partial charge in [0.15, 0.2) is 0 Å². The fourth-order valence-electron chi connectivity index (χ4n) is 2.11. The summed E-state index contributed by atoms with van der Waals surface area (Å²) in [6, 6.07) is -0.00705. The summed E-state index contributed by atoms with van der Waals surface area (Å²) in [6.45, 7) is 5.00. The summed E-state index contributed by atoms with van der Waals surface area (Å²) in [5.74, 6) is 1.64. The van der Waals surface area contributed by atoms with Gasteiger partial charge in [-0.3, -0.25) is 4.79 Å². The Balaban J connectivity index is 2.65. The Morgan fingerprint density at radius 1 is 1.67 bits per heavy atom. The van der Waals surface area contributed by atoms with Crippen molar-refractivity contribution in [2.45, 2.75) is 32.7 Å². The average Bonchev–Trinajstić information content (AvgIpc) is 2.61. The molecule has 1 aliphatic heterocycles. The zero-order valence-corrected chi connectivity index (χ0v) is 10.4. The lowest BCUT2D eigenvalue weighted by Crippen LogP contribution is -2.43. The van der Waals surface area contributed by atoms with Crippen LogP contribution < -0.4 is 0 Å². The smallest absolute Gasteiger partial charge is 0.223 e. The van der Waals surface area contributed by atoms with Gasteiger partial charge in [0.1, 0.15) is 0 Å². The molecule has 0 spiro atoms. The number of nitrogens with zero attached hydrogens (tertiary/aromatic N) is 1. The standard InChI is InChI=1S/C11H21NO2S/c1-3-8(2)10(6-13)12-5-9(7-15)4-11(12)14/h8-10,13,15H,3-7H2,1-2H3/t8-,9?,10+/m0/s1. The molecule has 0 radical (unpaired) electrons.